The molecule has 0 spiro atoms. The Balaban J connectivity index is 1.70. The second-order valence-electron chi connectivity index (χ2n) is 5.26. The van der Waals surface area contributed by atoms with Crippen molar-refractivity contribution in [1.29, 1.82) is 0 Å². The summed E-state index contributed by atoms with van der Waals surface area (Å²) in [6.45, 7) is 2.21. The molecule has 0 unspecified atom stereocenters. The van der Waals surface area contributed by atoms with Crippen molar-refractivity contribution in [2.75, 3.05) is 31.1 Å². The summed E-state index contributed by atoms with van der Waals surface area (Å²) in [5.74, 6) is 0.460. The number of anilines is 1. The van der Waals surface area contributed by atoms with Crippen LogP contribution >= 0.6 is 0 Å². The molecule has 1 aliphatic rings. The molecule has 120 valence electrons. The highest BCUT2D eigenvalue weighted by atomic mass is 16.6. The summed E-state index contributed by atoms with van der Waals surface area (Å²) in [5, 5.41) is 15.0. The number of hydrogen-bond acceptors (Lipinski definition) is 6. The molecule has 23 heavy (non-hydrogen) atoms. The monoisotopic (exact) mass is 316 g/mol. The number of piperazine rings is 1. The SMILES string of the molecule is Cn1cc([N+](=O)[O-])c(C(=O)N2CCN(c3ccccn3)CC2)n1. The Hall–Kier alpha value is -2.97. The zero-order chi connectivity index (χ0) is 16.4. The van der Waals surface area contributed by atoms with Crippen LogP contribution in [-0.2, 0) is 7.05 Å². The van der Waals surface area contributed by atoms with Crippen molar-refractivity contribution in [2.24, 2.45) is 7.05 Å². The number of aryl methyl sites for hydroxylation is 1. The molecule has 0 aromatic carbocycles. The molecule has 0 N–H and O–H groups in total. The molecule has 3 heterocycles. The van der Waals surface area contributed by atoms with Crippen LogP contribution in [0.5, 0.6) is 0 Å². The average Bonchev–Trinajstić information content (AvgIpc) is 2.97. The lowest BCUT2D eigenvalue weighted by Gasteiger charge is -2.34. The highest BCUT2D eigenvalue weighted by Gasteiger charge is 2.30. The first kappa shape index (κ1) is 14.9. The van der Waals surface area contributed by atoms with E-state index in [1.165, 1.54) is 10.9 Å². The van der Waals surface area contributed by atoms with Gasteiger partial charge in [0, 0.05) is 39.4 Å². The van der Waals surface area contributed by atoms with Crippen molar-refractivity contribution in [3.63, 3.8) is 0 Å². The summed E-state index contributed by atoms with van der Waals surface area (Å²) >= 11 is 0. The Kier molecular flexibility index (Phi) is 3.92. The van der Waals surface area contributed by atoms with Crippen LogP contribution in [0.25, 0.3) is 0 Å². The van der Waals surface area contributed by atoms with Gasteiger partial charge in [0.15, 0.2) is 0 Å². The van der Waals surface area contributed by atoms with Crippen LogP contribution in [0, 0.1) is 10.1 Å². The highest BCUT2D eigenvalue weighted by Crippen LogP contribution is 2.20. The van der Waals surface area contributed by atoms with Crippen molar-refractivity contribution in [3.8, 4) is 0 Å². The predicted molar refractivity (Wildman–Crippen MR) is 82.2 cm³/mol. The minimum Gasteiger partial charge on any atom is -0.353 e. The van der Waals surface area contributed by atoms with Gasteiger partial charge in [0.25, 0.3) is 5.91 Å². The second-order valence-corrected chi connectivity index (χ2v) is 5.26. The number of nitro groups is 1. The van der Waals surface area contributed by atoms with E-state index in [-0.39, 0.29) is 11.4 Å². The first-order valence-corrected chi connectivity index (χ1v) is 7.19. The van der Waals surface area contributed by atoms with Gasteiger partial charge in [-0.25, -0.2) is 4.98 Å². The third-order valence-electron chi connectivity index (χ3n) is 3.75. The molecule has 0 radical (unpaired) electrons. The zero-order valence-electron chi connectivity index (χ0n) is 12.6. The van der Waals surface area contributed by atoms with Gasteiger partial charge < -0.3 is 9.80 Å². The van der Waals surface area contributed by atoms with Crippen LogP contribution < -0.4 is 4.90 Å². The summed E-state index contributed by atoms with van der Waals surface area (Å²) in [5.41, 5.74) is -0.367. The van der Waals surface area contributed by atoms with Crippen molar-refractivity contribution in [1.82, 2.24) is 19.7 Å². The molecule has 2 aromatic rings. The predicted octanol–water partition coefficient (Wildman–Crippen LogP) is 0.686. The standard InChI is InChI=1S/C14H16N6O3/c1-17-10-11(20(22)23)13(16-17)14(21)19-8-6-18(7-9-19)12-4-2-3-5-15-12/h2-5,10H,6-9H2,1H3. The third kappa shape index (κ3) is 2.98. The Bertz CT molecular complexity index is 721. The van der Waals surface area contributed by atoms with Gasteiger partial charge in [-0.3, -0.25) is 19.6 Å². The first-order valence-electron chi connectivity index (χ1n) is 7.19. The van der Waals surface area contributed by atoms with Crippen LogP contribution in [0.3, 0.4) is 0 Å². The Labute approximate surface area is 132 Å². The first-order chi connectivity index (χ1) is 11.1. The molecule has 0 bridgehead atoms. The lowest BCUT2D eigenvalue weighted by Crippen LogP contribution is -2.49. The number of pyridine rings is 1. The molecule has 3 rings (SSSR count). The van der Waals surface area contributed by atoms with E-state index >= 15 is 0 Å². The molecule has 1 saturated heterocycles. The smallest absolute Gasteiger partial charge is 0.320 e. The maximum Gasteiger partial charge on any atom is 0.320 e. The largest absolute Gasteiger partial charge is 0.353 e. The van der Waals surface area contributed by atoms with Crippen molar-refractivity contribution in [3.05, 3.63) is 46.4 Å². The Morgan fingerprint density at radius 1 is 1.26 bits per heavy atom. The van der Waals surface area contributed by atoms with Gasteiger partial charge in [-0.05, 0) is 12.1 Å². The van der Waals surface area contributed by atoms with Crippen LogP contribution in [0.15, 0.2) is 30.6 Å². The van der Waals surface area contributed by atoms with E-state index in [0.29, 0.717) is 26.2 Å². The molecule has 9 heteroatoms. The fourth-order valence-corrected chi connectivity index (χ4v) is 2.59. The lowest BCUT2D eigenvalue weighted by molar-refractivity contribution is -0.385. The van der Waals surface area contributed by atoms with Gasteiger partial charge in [-0.1, -0.05) is 6.07 Å². The number of carbonyl (C=O) groups excluding carboxylic acids is 1. The van der Waals surface area contributed by atoms with E-state index in [0.717, 1.165) is 5.82 Å². The Morgan fingerprint density at radius 3 is 2.61 bits per heavy atom. The number of nitrogens with zero attached hydrogens (tertiary/aromatic N) is 6. The maximum atomic E-state index is 12.5. The summed E-state index contributed by atoms with van der Waals surface area (Å²) in [4.78, 5) is 30.9. The fourth-order valence-electron chi connectivity index (χ4n) is 2.59. The van der Waals surface area contributed by atoms with E-state index in [4.69, 9.17) is 0 Å². The van der Waals surface area contributed by atoms with E-state index in [2.05, 4.69) is 15.0 Å². The van der Waals surface area contributed by atoms with E-state index in [1.54, 1.807) is 18.1 Å². The van der Waals surface area contributed by atoms with E-state index in [9.17, 15) is 14.9 Å². The van der Waals surface area contributed by atoms with Gasteiger partial charge in [-0.2, -0.15) is 5.10 Å². The van der Waals surface area contributed by atoms with Crippen molar-refractivity contribution < 1.29 is 9.72 Å². The molecule has 2 aromatic heterocycles. The zero-order valence-corrected chi connectivity index (χ0v) is 12.6. The summed E-state index contributed by atoms with van der Waals surface area (Å²) in [6.07, 6.45) is 2.97. The van der Waals surface area contributed by atoms with Crippen LogP contribution in [-0.4, -0.2) is 56.7 Å². The van der Waals surface area contributed by atoms with Crippen LogP contribution in [0.4, 0.5) is 11.5 Å². The quantitative estimate of drug-likeness (QED) is 0.610. The topological polar surface area (TPSA) is 97.4 Å². The maximum absolute atomic E-state index is 12.5. The van der Waals surface area contributed by atoms with Crippen LogP contribution in [0.1, 0.15) is 10.5 Å². The normalized spacial score (nSPS) is 14.8. The van der Waals surface area contributed by atoms with Gasteiger partial charge >= 0.3 is 5.69 Å². The number of amides is 1. The van der Waals surface area contributed by atoms with E-state index in [1.807, 2.05) is 18.2 Å². The third-order valence-corrected chi connectivity index (χ3v) is 3.75. The van der Waals surface area contributed by atoms with E-state index < -0.39 is 10.8 Å². The van der Waals surface area contributed by atoms with Gasteiger partial charge in [0.1, 0.15) is 12.0 Å². The summed E-state index contributed by atoms with van der Waals surface area (Å²) in [7, 11) is 1.56. The minimum atomic E-state index is -0.579. The molecule has 1 fully saturated rings. The van der Waals surface area contributed by atoms with Crippen molar-refractivity contribution in [2.45, 2.75) is 0 Å². The summed E-state index contributed by atoms with van der Waals surface area (Å²) < 4.78 is 1.29. The lowest BCUT2D eigenvalue weighted by atomic mass is 10.2. The summed E-state index contributed by atoms with van der Waals surface area (Å²) in [6, 6.07) is 5.68. The molecule has 1 amide bonds. The number of aromatic nitrogens is 3. The molecule has 1 aliphatic heterocycles. The van der Waals surface area contributed by atoms with Crippen molar-refractivity contribution >= 4 is 17.4 Å². The Morgan fingerprint density at radius 2 is 2.00 bits per heavy atom. The molecule has 0 saturated carbocycles. The average molecular weight is 316 g/mol. The number of rotatable bonds is 3. The van der Waals surface area contributed by atoms with Gasteiger partial charge in [0.05, 0.1) is 4.92 Å². The minimum absolute atomic E-state index is 0.108. The number of hydrogen-bond donors (Lipinski definition) is 0. The number of carbonyl (C=O) groups is 1. The molecule has 0 aliphatic carbocycles. The highest BCUT2D eigenvalue weighted by molar-refractivity contribution is 5.96. The molecule has 0 atom stereocenters. The fraction of sp³-hybridized carbons (Fsp3) is 0.357. The van der Waals surface area contributed by atoms with Crippen LogP contribution in [0.2, 0.25) is 0 Å². The van der Waals surface area contributed by atoms with Gasteiger partial charge in [0.2, 0.25) is 5.69 Å². The molecular formula is C14H16N6O3. The second kappa shape index (κ2) is 6.03. The molecule has 9 nitrogen and oxygen atoms in total. The van der Waals surface area contributed by atoms with Gasteiger partial charge in [-0.15, -0.1) is 0 Å². The molecular weight excluding hydrogens is 300 g/mol.